The predicted molar refractivity (Wildman–Crippen MR) is 64.4 cm³/mol. The highest BCUT2D eigenvalue weighted by molar-refractivity contribution is 4.69. The van der Waals surface area contributed by atoms with Crippen LogP contribution in [0.2, 0.25) is 0 Å². The van der Waals surface area contributed by atoms with Crippen LogP contribution in [0.5, 0.6) is 0 Å². The van der Waals surface area contributed by atoms with Gasteiger partial charge in [0.25, 0.3) is 0 Å². The maximum atomic E-state index is 6.01. The van der Waals surface area contributed by atoms with Crippen molar-refractivity contribution in [3.8, 4) is 0 Å². The average Bonchev–Trinajstić information content (AvgIpc) is 2.13. The maximum absolute atomic E-state index is 6.01. The van der Waals surface area contributed by atoms with Crippen molar-refractivity contribution in [1.29, 1.82) is 0 Å². The van der Waals surface area contributed by atoms with Crippen molar-refractivity contribution in [3.63, 3.8) is 0 Å². The molecule has 2 atom stereocenters. The first-order valence-corrected chi connectivity index (χ1v) is 5.94. The lowest BCUT2D eigenvalue weighted by atomic mass is 10.0. The van der Waals surface area contributed by atoms with Gasteiger partial charge in [-0.25, -0.2) is 0 Å². The van der Waals surface area contributed by atoms with E-state index in [2.05, 4.69) is 39.6 Å². The minimum absolute atomic E-state index is 0.353. The van der Waals surface area contributed by atoms with Gasteiger partial charge in [-0.15, -0.1) is 0 Å². The van der Waals surface area contributed by atoms with E-state index in [0.29, 0.717) is 18.0 Å². The molecular weight excluding hydrogens is 172 g/mol. The van der Waals surface area contributed by atoms with Gasteiger partial charge in [-0.3, -0.25) is 0 Å². The zero-order chi connectivity index (χ0) is 11.1. The highest BCUT2D eigenvalue weighted by Crippen LogP contribution is 2.08. The van der Waals surface area contributed by atoms with Gasteiger partial charge in [0.05, 0.1) is 0 Å². The molecule has 0 rings (SSSR count). The fourth-order valence-electron chi connectivity index (χ4n) is 1.54. The molecule has 0 aromatic heterocycles. The quantitative estimate of drug-likeness (QED) is 0.684. The standard InChI is InChI=1S/C12H28N2/c1-6-7-11(4)14(5)9-8-12(13)10(2)3/h10-12H,6-9,13H2,1-5H3. The second kappa shape index (κ2) is 7.24. The Morgan fingerprint density at radius 2 is 1.71 bits per heavy atom. The fourth-order valence-corrected chi connectivity index (χ4v) is 1.54. The van der Waals surface area contributed by atoms with Gasteiger partial charge in [0.2, 0.25) is 0 Å². The largest absolute Gasteiger partial charge is 0.327 e. The van der Waals surface area contributed by atoms with E-state index in [1.165, 1.54) is 12.8 Å². The average molecular weight is 200 g/mol. The molecule has 2 heteroatoms. The van der Waals surface area contributed by atoms with Crippen LogP contribution in [0.25, 0.3) is 0 Å². The molecule has 2 unspecified atom stereocenters. The smallest absolute Gasteiger partial charge is 0.00740 e. The summed E-state index contributed by atoms with van der Waals surface area (Å²) in [4.78, 5) is 2.42. The van der Waals surface area contributed by atoms with Gasteiger partial charge < -0.3 is 10.6 Å². The molecule has 0 aliphatic carbocycles. The van der Waals surface area contributed by atoms with Crippen molar-refractivity contribution in [3.05, 3.63) is 0 Å². The monoisotopic (exact) mass is 200 g/mol. The van der Waals surface area contributed by atoms with Gasteiger partial charge in [0.15, 0.2) is 0 Å². The molecule has 0 aromatic carbocycles. The van der Waals surface area contributed by atoms with Gasteiger partial charge in [-0.05, 0) is 39.3 Å². The molecule has 0 fully saturated rings. The van der Waals surface area contributed by atoms with E-state index in [4.69, 9.17) is 5.73 Å². The second-order valence-electron chi connectivity index (χ2n) is 4.81. The first-order valence-electron chi connectivity index (χ1n) is 5.94. The molecule has 86 valence electrons. The van der Waals surface area contributed by atoms with E-state index in [0.717, 1.165) is 13.0 Å². The van der Waals surface area contributed by atoms with Crippen molar-refractivity contribution >= 4 is 0 Å². The highest BCUT2D eigenvalue weighted by atomic mass is 15.1. The summed E-state index contributed by atoms with van der Waals surface area (Å²) in [5.41, 5.74) is 6.01. The van der Waals surface area contributed by atoms with Crippen LogP contribution >= 0.6 is 0 Å². The summed E-state index contributed by atoms with van der Waals surface area (Å²) in [6.07, 6.45) is 3.66. The zero-order valence-electron chi connectivity index (χ0n) is 10.6. The Bertz CT molecular complexity index is 134. The van der Waals surface area contributed by atoms with Crippen molar-refractivity contribution in [2.45, 2.75) is 59.0 Å². The van der Waals surface area contributed by atoms with E-state index in [1.807, 2.05) is 0 Å². The van der Waals surface area contributed by atoms with E-state index in [9.17, 15) is 0 Å². The maximum Gasteiger partial charge on any atom is 0.00740 e. The number of nitrogens with zero attached hydrogens (tertiary/aromatic N) is 1. The molecule has 0 aliphatic heterocycles. The predicted octanol–water partition coefficient (Wildman–Crippen LogP) is 2.48. The zero-order valence-corrected chi connectivity index (χ0v) is 10.6. The third-order valence-electron chi connectivity index (χ3n) is 3.13. The number of hydrogen-bond donors (Lipinski definition) is 1. The molecule has 0 amide bonds. The number of hydrogen-bond acceptors (Lipinski definition) is 2. The van der Waals surface area contributed by atoms with E-state index >= 15 is 0 Å². The Hall–Kier alpha value is -0.0800. The third-order valence-corrected chi connectivity index (χ3v) is 3.13. The van der Waals surface area contributed by atoms with Crippen molar-refractivity contribution in [2.75, 3.05) is 13.6 Å². The lowest BCUT2D eigenvalue weighted by Gasteiger charge is -2.26. The minimum atomic E-state index is 0.353. The van der Waals surface area contributed by atoms with Crippen molar-refractivity contribution in [1.82, 2.24) is 4.90 Å². The first-order chi connectivity index (χ1) is 6.49. The van der Waals surface area contributed by atoms with Crippen LogP contribution < -0.4 is 5.73 Å². The molecule has 0 aromatic rings. The van der Waals surface area contributed by atoms with Crippen molar-refractivity contribution in [2.24, 2.45) is 11.7 Å². The van der Waals surface area contributed by atoms with Crippen LogP contribution in [0.3, 0.4) is 0 Å². The Labute approximate surface area is 89.9 Å². The van der Waals surface area contributed by atoms with Gasteiger partial charge in [-0.2, -0.15) is 0 Å². The highest BCUT2D eigenvalue weighted by Gasteiger charge is 2.11. The summed E-state index contributed by atoms with van der Waals surface area (Å²) in [6, 6.07) is 1.05. The molecule has 0 saturated carbocycles. The lowest BCUT2D eigenvalue weighted by molar-refractivity contribution is 0.230. The fraction of sp³-hybridized carbons (Fsp3) is 1.00. The summed E-state index contributed by atoms with van der Waals surface area (Å²) in [5.74, 6) is 0.602. The van der Waals surface area contributed by atoms with E-state index < -0.39 is 0 Å². The van der Waals surface area contributed by atoms with Gasteiger partial charge in [0.1, 0.15) is 0 Å². The van der Waals surface area contributed by atoms with Gasteiger partial charge in [-0.1, -0.05) is 27.2 Å². The topological polar surface area (TPSA) is 29.3 Å². The van der Waals surface area contributed by atoms with Crippen LogP contribution in [-0.4, -0.2) is 30.6 Å². The van der Waals surface area contributed by atoms with Crippen LogP contribution in [0.4, 0.5) is 0 Å². The molecule has 2 nitrogen and oxygen atoms in total. The second-order valence-corrected chi connectivity index (χ2v) is 4.81. The lowest BCUT2D eigenvalue weighted by Crippen LogP contribution is -2.35. The molecular formula is C12H28N2. The normalized spacial score (nSPS) is 16.3. The van der Waals surface area contributed by atoms with Crippen LogP contribution in [0.1, 0.15) is 47.0 Å². The van der Waals surface area contributed by atoms with Gasteiger partial charge in [0, 0.05) is 12.1 Å². The third kappa shape index (κ3) is 5.61. The SMILES string of the molecule is CCCC(C)N(C)CCC(N)C(C)C. The Morgan fingerprint density at radius 3 is 2.14 bits per heavy atom. The van der Waals surface area contributed by atoms with Crippen molar-refractivity contribution < 1.29 is 0 Å². The molecule has 14 heavy (non-hydrogen) atoms. The Balaban J connectivity index is 3.67. The molecule has 0 heterocycles. The molecule has 0 aliphatic rings. The molecule has 0 saturated heterocycles. The molecule has 2 N–H and O–H groups in total. The molecule has 0 radical (unpaired) electrons. The van der Waals surface area contributed by atoms with Crippen LogP contribution in [0, 0.1) is 5.92 Å². The van der Waals surface area contributed by atoms with Crippen LogP contribution in [-0.2, 0) is 0 Å². The summed E-state index contributed by atoms with van der Waals surface area (Å²) in [6.45, 7) is 10.1. The summed E-state index contributed by atoms with van der Waals surface area (Å²) < 4.78 is 0. The van der Waals surface area contributed by atoms with Crippen LogP contribution in [0.15, 0.2) is 0 Å². The minimum Gasteiger partial charge on any atom is -0.327 e. The first kappa shape index (κ1) is 13.9. The Morgan fingerprint density at radius 1 is 1.14 bits per heavy atom. The number of nitrogens with two attached hydrogens (primary N) is 1. The van der Waals surface area contributed by atoms with E-state index in [-0.39, 0.29) is 0 Å². The molecule has 0 bridgehead atoms. The number of rotatable bonds is 7. The summed E-state index contributed by atoms with van der Waals surface area (Å²) >= 11 is 0. The summed E-state index contributed by atoms with van der Waals surface area (Å²) in [5, 5.41) is 0. The van der Waals surface area contributed by atoms with Gasteiger partial charge >= 0.3 is 0 Å². The van der Waals surface area contributed by atoms with E-state index in [1.54, 1.807) is 0 Å². The molecule has 0 spiro atoms. The Kier molecular flexibility index (Phi) is 7.20. The summed E-state index contributed by atoms with van der Waals surface area (Å²) in [7, 11) is 2.20.